The molecule has 0 aromatic rings. The number of allylic oxidation sites excluding steroid dienone is 4. The summed E-state index contributed by atoms with van der Waals surface area (Å²) in [7, 11) is 0. The monoisotopic (exact) mass is 860 g/mol. The molecule has 0 aliphatic rings. The molecule has 0 radical (unpaired) electrons. The first-order valence-electron chi connectivity index (χ1n) is 27.6. The lowest BCUT2D eigenvalue weighted by Crippen LogP contribution is -2.50. The molecule has 3 unspecified atom stereocenters. The van der Waals surface area contributed by atoms with E-state index in [1.165, 1.54) is 238 Å². The predicted octanol–water partition coefficient (Wildman–Crippen LogP) is 16.9. The van der Waals surface area contributed by atoms with Gasteiger partial charge in [0.2, 0.25) is 5.91 Å². The van der Waals surface area contributed by atoms with Crippen molar-refractivity contribution in [1.82, 2.24) is 5.32 Å². The summed E-state index contributed by atoms with van der Waals surface area (Å²) in [6.45, 7) is 4.20. The van der Waals surface area contributed by atoms with Gasteiger partial charge in [0.15, 0.2) is 0 Å². The zero-order chi connectivity index (χ0) is 44.4. The van der Waals surface area contributed by atoms with E-state index in [2.05, 4.69) is 43.5 Å². The molecule has 5 heteroatoms. The largest absolute Gasteiger partial charge is 0.394 e. The van der Waals surface area contributed by atoms with Gasteiger partial charge in [0.25, 0.3) is 0 Å². The summed E-state index contributed by atoms with van der Waals surface area (Å²) in [6, 6.07) is -0.824. The SMILES string of the molecule is CCCCCCCCCCCCCC/C=C\CCCCCCCCCCCCCCCCC(=O)NC(CO)C(O)C(O)CCC/C=C/CCCCCCCCCCCCCC. The maximum Gasteiger partial charge on any atom is 0.220 e. The van der Waals surface area contributed by atoms with Gasteiger partial charge in [0, 0.05) is 6.42 Å². The molecule has 362 valence electrons. The minimum atomic E-state index is -1.16. The van der Waals surface area contributed by atoms with Crippen molar-refractivity contribution in [2.75, 3.05) is 6.61 Å². The van der Waals surface area contributed by atoms with Crippen LogP contribution >= 0.6 is 0 Å². The summed E-state index contributed by atoms with van der Waals surface area (Å²) in [5.74, 6) is -0.150. The number of carbonyl (C=O) groups excluding carboxylic acids is 1. The van der Waals surface area contributed by atoms with Crippen molar-refractivity contribution in [2.45, 2.75) is 321 Å². The summed E-state index contributed by atoms with van der Waals surface area (Å²) in [5, 5.41) is 33.7. The molecular weight excluding hydrogens is 751 g/mol. The number of amides is 1. The maximum absolute atomic E-state index is 12.5. The van der Waals surface area contributed by atoms with Crippen LogP contribution in [0.3, 0.4) is 0 Å². The maximum atomic E-state index is 12.5. The number of carbonyl (C=O) groups is 1. The standard InChI is InChI=1S/C56H109NO4/c1-3-5-7-9-11-13-15-17-19-21-22-23-24-25-26-27-28-29-30-31-32-33-35-37-39-41-43-45-47-49-51-55(60)57-53(52-58)56(61)54(59)50-48-46-44-42-40-38-36-34-20-18-16-14-12-10-8-6-4-2/h25-26,42,44,53-54,56,58-59,61H,3-24,27-41,43,45-52H2,1-2H3,(H,57,60)/b26-25-,44-42+. The Kier molecular flexibility index (Phi) is 50.5. The third kappa shape index (κ3) is 46.6. The van der Waals surface area contributed by atoms with Crippen LogP contribution in [0.2, 0.25) is 0 Å². The summed E-state index contributed by atoms with van der Waals surface area (Å²) in [4.78, 5) is 12.5. The first-order chi connectivity index (χ1) is 30.1. The molecule has 0 aromatic carbocycles. The fraction of sp³-hybridized carbons (Fsp3) is 0.911. The van der Waals surface area contributed by atoms with Crippen molar-refractivity contribution in [3.63, 3.8) is 0 Å². The second kappa shape index (κ2) is 51.5. The third-order valence-corrected chi connectivity index (χ3v) is 13.0. The Morgan fingerprint density at radius 1 is 0.393 bits per heavy atom. The summed E-state index contributed by atoms with van der Waals surface area (Å²) >= 11 is 0. The Bertz CT molecular complexity index is 905. The van der Waals surface area contributed by atoms with Crippen molar-refractivity contribution in [3.05, 3.63) is 24.3 Å². The molecule has 1 amide bonds. The van der Waals surface area contributed by atoms with E-state index in [0.717, 1.165) is 38.5 Å². The van der Waals surface area contributed by atoms with E-state index in [9.17, 15) is 20.1 Å². The van der Waals surface area contributed by atoms with Crippen LogP contribution in [0.4, 0.5) is 0 Å². The topological polar surface area (TPSA) is 89.8 Å². The van der Waals surface area contributed by atoms with Crippen LogP contribution in [0.1, 0.15) is 303 Å². The van der Waals surface area contributed by atoms with Gasteiger partial charge in [-0.1, -0.05) is 256 Å². The van der Waals surface area contributed by atoms with Gasteiger partial charge >= 0.3 is 0 Å². The highest BCUT2D eigenvalue weighted by molar-refractivity contribution is 5.76. The molecule has 0 saturated heterocycles. The molecule has 0 bridgehead atoms. The van der Waals surface area contributed by atoms with Gasteiger partial charge < -0.3 is 20.6 Å². The van der Waals surface area contributed by atoms with Crippen LogP contribution in [0.5, 0.6) is 0 Å². The number of aliphatic hydroxyl groups is 3. The lowest BCUT2D eigenvalue weighted by Gasteiger charge is -2.26. The zero-order valence-corrected chi connectivity index (χ0v) is 41.3. The van der Waals surface area contributed by atoms with Gasteiger partial charge in [-0.2, -0.15) is 0 Å². The first-order valence-corrected chi connectivity index (χ1v) is 27.6. The van der Waals surface area contributed by atoms with Crippen LogP contribution in [0.15, 0.2) is 24.3 Å². The molecule has 0 aliphatic heterocycles. The van der Waals surface area contributed by atoms with Crippen LogP contribution in [-0.2, 0) is 4.79 Å². The van der Waals surface area contributed by atoms with Gasteiger partial charge in [-0.3, -0.25) is 4.79 Å². The van der Waals surface area contributed by atoms with Crippen molar-refractivity contribution in [3.8, 4) is 0 Å². The van der Waals surface area contributed by atoms with Crippen LogP contribution in [0.25, 0.3) is 0 Å². The Hall–Kier alpha value is -1.17. The minimum absolute atomic E-state index is 0.150. The van der Waals surface area contributed by atoms with Crippen LogP contribution in [0, 0.1) is 0 Å². The van der Waals surface area contributed by atoms with Gasteiger partial charge in [0.1, 0.15) is 6.10 Å². The average Bonchev–Trinajstić information content (AvgIpc) is 3.26. The number of hydrogen-bond acceptors (Lipinski definition) is 4. The highest BCUT2D eigenvalue weighted by Crippen LogP contribution is 2.17. The number of unbranched alkanes of at least 4 members (excludes halogenated alkanes) is 39. The molecule has 61 heavy (non-hydrogen) atoms. The molecule has 0 aliphatic carbocycles. The lowest BCUT2D eigenvalue weighted by atomic mass is 10.0. The predicted molar refractivity (Wildman–Crippen MR) is 268 cm³/mol. The quantitative estimate of drug-likeness (QED) is 0.0362. The molecule has 5 nitrogen and oxygen atoms in total. The minimum Gasteiger partial charge on any atom is -0.394 e. The normalized spacial score (nSPS) is 13.5. The number of hydrogen-bond donors (Lipinski definition) is 4. The van der Waals surface area contributed by atoms with Crippen molar-refractivity contribution in [2.24, 2.45) is 0 Å². The van der Waals surface area contributed by atoms with E-state index in [-0.39, 0.29) is 12.5 Å². The molecule has 0 heterocycles. The Labute approximate surface area is 382 Å². The second-order valence-electron chi connectivity index (χ2n) is 19.1. The van der Waals surface area contributed by atoms with Gasteiger partial charge in [-0.05, 0) is 64.2 Å². The van der Waals surface area contributed by atoms with Crippen molar-refractivity contribution >= 4 is 5.91 Å². The van der Waals surface area contributed by atoms with E-state index >= 15 is 0 Å². The third-order valence-electron chi connectivity index (χ3n) is 13.0. The first kappa shape index (κ1) is 59.8. The molecule has 0 rings (SSSR count). The number of nitrogens with one attached hydrogen (secondary N) is 1. The molecule has 0 saturated carbocycles. The van der Waals surface area contributed by atoms with Crippen molar-refractivity contribution < 1.29 is 20.1 Å². The van der Waals surface area contributed by atoms with Gasteiger partial charge in [-0.15, -0.1) is 0 Å². The summed E-state index contributed by atoms with van der Waals surface area (Å²) in [6.07, 6.45) is 64.8. The zero-order valence-electron chi connectivity index (χ0n) is 41.3. The highest BCUT2D eigenvalue weighted by Gasteiger charge is 2.26. The fourth-order valence-corrected chi connectivity index (χ4v) is 8.75. The van der Waals surface area contributed by atoms with E-state index in [0.29, 0.717) is 12.8 Å². The summed E-state index contributed by atoms with van der Waals surface area (Å²) < 4.78 is 0. The van der Waals surface area contributed by atoms with E-state index in [4.69, 9.17) is 0 Å². The smallest absolute Gasteiger partial charge is 0.220 e. The Morgan fingerprint density at radius 2 is 0.656 bits per heavy atom. The Balaban J connectivity index is 3.53. The fourth-order valence-electron chi connectivity index (χ4n) is 8.75. The van der Waals surface area contributed by atoms with Crippen molar-refractivity contribution in [1.29, 1.82) is 0 Å². The second-order valence-corrected chi connectivity index (χ2v) is 19.1. The lowest BCUT2D eigenvalue weighted by molar-refractivity contribution is -0.124. The molecule has 4 N–H and O–H groups in total. The molecule has 0 spiro atoms. The average molecular weight is 860 g/mol. The van der Waals surface area contributed by atoms with Gasteiger partial charge in [0.05, 0.1) is 18.8 Å². The van der Waals surface area contributed by atoms with Gasteiger partial charge in [-0.25, -0.2) is 0 Å². The highest BCUT2D eigenvalue weighted by atomic mass is 16.3. The van der Waals surface area contributed by atoms with Crippen LogP contribution < -0.4 is 5.32 Å². The van der Waals surface area contributed by atoms with Crippen LogP contribution in [-0.4, -0.2) is 46.1 Å². The molecule has 0 aromatic heterocycles. The van der Waals surface area contributed by atoms with E-state index in [1.54, 1.807) is 0 Å². The molecule has 3 atom stereocenters. The number of rotatable bonds is 51. The number of aliphatic hydroxyl groups excluding tert-OH is 3. The molecule has 0 fully saturated rings. The van der Waals surface area contributed by atoms with E-state index < -0.39 is 18.2 Å². The summed E-state index contributed by atoms with van der Waals surface area (Å²) in [5.41, 5.74) is 0. The molecular formula is C56H109NO4. The Morgan fingerprint density at radius 3 is 0.951 bits per heavy atom. The van der Waals surface area contributed by atoms with E-state index in [1.807, 2.05) is 0 Å².